The number of hydrogen-bond donors (Lipinski definition) is 1. The van der Waals surface area contributed by atoms with Crippen LogP contribution in [0.4, 0.5) is 0 Å². The van der Waals surface area contributed by atoms with Gasteiger partial charge in [-0.3, -0.25) is 9.59 Å². The number of amides is 2. The van der Waals surface area contributed by atoms with Gasteiger partial charge in [0.05, 0.1) is 11.5 Å². The summed E-state index contributed by atoms with van der Waals surface area (Å²) < 4.78 is 0. The third-order valence-electron chi connectivity index (χ3n) is 4.15. The molecule has 1 N–H and O–H groups in total. The Balaban J connectivity index is 1.57. The van der Waals surface area contributed by atoms with Crippen LogP contribution in [0.1, 0.15) is 36.0 Å². The molecule has 1 aliphatic heterocycles. The topological polar surface area (TPSA) is 75.2 Å². The Hall–Kier alpha value is -1.98. The molecule has 1 saturated heterocycles. The molecule has 2 aliphatic rings. The first kappa shape index (κ1) is 14.0. The van der Waals surface area contributed by atoms with Crippen molar-refractivity contribution in [2.24, 2.45) is 11.8 Å². The quantitative estimate of drug-likeness (QED) is 0.891. The van der Waals surface area contributed by atoms with E-state index in [1.807, 2.05) is 0 Å². The zero-order chi connectivity index (χ0) is 14.7. The maximum Gasteiger partial charge on any atom is 0.257 e. The van der Waals surface area contributed by atoms with Gasteiger partial charge < -0.3 is 10.2 Å². The lowest BCUT2D eigenvalue weighted by atomic mass is 9.96. The molecule has 0 bridgehead atoms. The fraction of sp³-hybridized carbons (Fsp3) is 0.600. The fourth-order valence-electron chi connectivity index (χ4n) is 2.68. The summed E-state index contributed by atoms with van der Waals surface area (Å²) in [6.45, 7) is 1.97. The molecule has 0 spiro atoms. The lowest BCUT2D eigenvalue weighted by Crippen LogP contribution is -2.45. The predicted molar refractivity (Wildman–Crippen MR) is 76.4 cm³/mol. The van der Waals surface area contributed by atoms with Gasteiger partial charge in [-0.05, 0) is 31.6 Å². The second-order valence-corrected chi connectivity index (χ2v) is 5.91. The molecule has 1 saturated carbocycles. The minimum absolute atomic E-state index is 0.0868. The molecule has 1 unspecified atom stereocenters. The van der Waals surface area contributed by atoms with Gasteiger partial charge >= 0.3 is 0 Å². The number of carbonyl (C=O) groups is 2. The van der Waals surface area contributed by atoms with Crippen LogP contribution in [0.25, 0.3) is 0 Å². The number of hydrogen-bond acceptors (Lipinski definition) is 4. The Bertz CT molecular complexity index is 516. The van der Waals surface area contributed by atoms with Crippen molar-refractivity contribution < 1.29 is 9.59 Å². The van der Waals surface area contributed by atoms with Gasteiger partial charge in [-0.2, -0.15) is 0 Å². The van der Waals surface area contributed by atoms with Crippen molar-refractivity contribution in [1.29, 1.82) is 0 Å². The van der Waals surface area contributed by atoms with Crippen LogP contribution in [0.3, 0.4) is 0 Å². The average molecular weight is 288 g/mol. The van der Waals surface area contributed by atoms with Crippen LogP contribution in [0.2, 0.25) is 0 Å². The van der Waals surface area contributed by atoms with Crippen molar-refractivity contribution in [3.63, 3.8) is 0 Å². The maximum absolute atomic E-state index is 12.4. The van der Waals surface area contributed by atoms with E-state index >= 15 is 0 Å². The molecule has 1 aromatic heterocycles. The molecule has 2 heterocycles. The average Bonchev–Trinajstić information content (AvgIpc) is 3.37. The Morgan fingerprint density at radius 2 is 2.00 bits per heavy atom. The Labute approximate surface area is 124 Å². The highest BCUT2D eigenvalue weighted by molar-refractivity contribution is 5.94. The van der Waals surface area contributed by atoms with Crippen molar-refractivity contribution in [2.45, 2.75) is 25.7 Å². The molecule has 1 aliphatic carbocycles. The summed E-state index contributed by atoms with van der Waals surface area (Å²) in [6.07, 6.45) is 8.61. The monoisotopic (exact) mass is 288 g/mol. The van der Waals surface area contributed by atoms with Gasteiger partial charge in [0.25, 0.3) is 5.91 Å². The summed E-state index contributed by atoms with van der Waals surface area (Å²) in [5, 5.41) is 3.01. The highest BCUT2D eigenvalue weighted by Crippen LogP contribution is 2.28. The van der Waals surface area contributed by atoms with Gasteiger partial charge in [-0.25, -0.2) is 9.97 Å². The summed E-state index contributed by atoms with van der Waals surface area (Å²) in [6, 6.07) is 0. The molecule has 112 valence electrons. The second kappa shape index (κ2) is 6.20. The van der Waals surface area contributed by atoms with Crippen LogP contribution in [-0.4, -0.2) is 46.3 Å². The third-order valence-corrected chi connectivity index (χ3v) is 4.15. The smallest absolute Gasteiger partial charge is 0.257 e. The second-order valence-electron chi connectivity index (χ2n) is 5.91. The predicted octanol–water partition coefficient (Wildman–Crippen LogP) is 0.855. The summed E-state index contributed by atoms with van der Waals surface area (Å²) in [5.74, 6) is 0.585. The molecular formula is C15H20N4O2. The van der Waals surface area contributed by atoms with E-state index in [9.17, 15) is 9.59 Å². The number of carbonyl (C=O) groups excluding carboxylic acids is 2. The zero-order valence-corrected chi connectivity index (χ0v) is 12.0. The molecule has 6 nitrogen and oxygen atoms in total. The maximum atomic E-state index is 12.4. The van der Waals surface area contributed by atoms with Crippen LogP contribution < -0.4 is 5.32 Å². The van der Waals surface area contributed by atoms with Gasteiger partial charge in [-0.1, -0.05) is 0 Å². The van der Waals surface area contributed by atoms with Crippen molar-refractivity contribution in [3.05, 3.63) is 24.3 Å². The Kier molecular flexibility index (Phi) is 4.13. The first-order valence-electron chi connectivity index (χ1n) is 7.56. The SMILES string of the molecule is O=C(NCC1CC1)C1CCCN(C(=O)c2cncnc2)C1. The largest absolute Gasteiger partial charge is 0.356 e. The van der Waals surface area contributed by atoms with E-state index < -0.39 is 0 Å². The number of piperidine rings is 1. The third kappa shape index (κ3) is 3.56. The number of nitrogens with one attached hydrogen (secondary N) is 1. The molecule has 0 radical (unpaired) electrons. The number of aromatic nitrogens is 2. The van der Waals surface area contributed by atoms with Crippen LogP contribution in [0.15, 0.2) is 18.7 Å². The first-order chi connectivity index (χ1) is 10.2. The van der Waals surface area contributed by atoms with Gasteiger partial charge in [-0.15, -0.1) is 0 Å². The van der Waals surface area contributed by atoms with E-state index in [1.165, 1.54) is 31.6 Å². The normalized spacial score (nSPS) is 21.9. The number of likely N-dealkylation sites (tertiary alicyclic amines) is 1. The standard InChI is InChI=1S/C15H20N4O2/c20-14(18-6-11-3-4-11)12-2-1-5-19(9-12)15(21)13-7-16-10-17-8-13/h7-8,10-12H,1-6,9H2,(H,18,20). The van der Waals surface area contributed by atoms with E-state index in [2.05, 4.69) is 15.3 Å². The lowest BCUT2D eigenvalue weighted by molar-refractivity contribution is -0.126. The van der Waals surface area contributed by atoms with Crippen molar-refractivity contribution in [1.82, 2.24) is 20.2 Å². The summed E-state index contributed by atoms with van der Waals surface area (Å²) in [7, 11) is 0. The van der Waals surface area contributed by atoms with Gasteiger partial charge in [0.2, 0.25) is 5.91 Å². The van der Waals surface area contributed by atoms with Crippen LogP contribution in [0.5, 0.6) is 0 Å². The van der Waals surface area contributed by atoms with Crippen molar-refractivity contribution >= 4 is 11.8 Å². The molecular weight excluding hydrogens is 268 g/mol. The van der Waals surface area contributed by atoms with E-state index in [-0.39, 0.29) is 17.7 Å². The van der Waals surface area contributed by atoms with Crippen molar-refractivity contribution in [2.75, 3.05) is 19.6 Å². The van der Waals surface area contributed by atoms with Crippen LogP contribution in [-0.2, 0) is 4.79 Å². The van der Waals surface area contributed by atoms with E-state index in [0.29, 0.717) is 24.6 Å². The minimum Gasteiger partial charge on any atom is -0.356 e. The summed E-state index contributed by atoms with van der Waals surface area (Å²) >= 11 is 0. The van der Waals surface area contributed by atoms with Crippen molar-refractivity contribution in [3.8, 4) is 0 Å². The molecule has 3 rings (SSSR count). The molecule has 1 atom stereocenters. The molecule has 6 heteroatoms. The number of nitrogens with zero attached hydrogens (tertiary/aromatic N) is 3. The first-order valence-corrected chi connectivity index (χ1v) is 7.56. The van der Waals surface area contributed by atoms with Crippen LogP contribution in [0, 0.1) is 11.8 Å². The molecule has 1 aromatic rings. The lowest BCUT2D eigenvalue weighted by Gasteiger charge is -2.32. The highest BCUT2D eigenvalue weighted by Gasteiger charge is 2.30. The zero-order valence-electron chi connectivity index (χ0n) is 12.0. The van der Waals surface area contributed by atoms with E-state index in [0.717, 1.165) is 19.4 Å². The van der Waals surface area contributed by atoms with Gasteiger partial charge in [0, 0.05) is 32.0 Å². The Morgan fingerprint density at radius 3 is 2.71 bits per heavy atom. The molecule has 21 heavy (non-hydrogen) atoms. The van der Waals surface area contributed by atoms with Crippen LogP contribution >= 0.6 is 0 Å². The van der Waals surface area contributed by atoms with Gasteiger partial charge in [0.1, 0.15) is 6.33 Å². The molecule has 2 amide bonds. The number of rotatable bonds is 4. The summed E-state index contributed by atoms with van der Waals surface area (Å²) in [4.78, 5) is 34.0. The van der Waals surface area contributed by atoms with E-state index in [1.54, 1.807) is 4.90 Å². The summed E-state index contributed by atoms with van der Waals surface area (Å²) in [5.41, 5.74) is 0.483. The van der Waals surface area contributed by atoms with Gasteiger partial charge in [0.15, 0.2) is 0 Å². The highest BCUT2D eigenvalue weighted by atomic mass is 16.2. The van der Waals surface area contributed by atoms with E-state index in [4.69, 9.17) is 0 Å². The Morgan fingerprint density at radius 1 is 1.24 bits per heavy atom. The molecule has 0 aromatic carbocycles. The molecule has 2 fully saturated rings. The minimum atomic E-state index is -0.0916. The fourth-order valence-corrected chi connectivity index (χ4v) is 2.68.